The van der Waals surface area contributed by atoms with Crippen molar-refractivity contribution in [3.63, 3.8) is 0 Å². The molecule has 0 fully saturated rings. The van der Waals surface area contributed by atoms with E-state index in [0.29, 0.717) is 0 Å². The van der Waals surface area contributed by atoms with Gasteiger partial charge in [-0.05, 0) is 94.1 Å². The minimum atomic E-state index is -1.01. The maximum Gasteiger partial charge on any atom is 0.299 e. The minimum Gasteiger partial charge on any atom is -0.455 e. The van der Waals surface area contributed by atoms with Gasteiger partial charge in [-0.15, -0.1) is 0 Å². The van der Waals surface area contributed by atoms with Gasteiger partial charge in [0.1, 0.15) is 16.8 Å². The Bertz CT molecular complexity index is 2890. The summed E-state index contributed by atoms with van der Waals surface area (Å²) in [7, 11) is 2.11. The monoisotopic (exact) mass is 703 g/mol. The van der Waals surface area contributed by atoms with E-state index in [2.05, 4.69) is 163 Å². The Labute approximate surface area is 320 Å². The Morgan fingerprint density at radius 1 is 0.556 bits per heavy atom. The Kier molecular flexibility index (Phi) is 7.74. The fraction of sp³-hybridized carbons (Fsp3) is 0.157. The fourth-order valence-electron chi connectivity index (χ4n) is 8.14. The Hall–Kier alpha value is -6.19. The molecule has 0 atom stereocenters. The highest BCUT2D eigenvalue weighted by Crippen LogP contribution is 2.43. The van der Waals surface area contributed by atoms with E-state index in [4.69, 9.17) is 4.42 Å². The van der Waals surface area contributed by atoms with Gasteiger partial charge < -0.3 is 4.42 Å². The molecule has 0 bridgehead atoms. The van der Waals surface area contributed by atoms with E-state index in [1.165, 1.54) is 5.56 Å². The standard InChI is InChI=1S/C51H45N2O/c1-32(2)43-29-40(38-24-22-37(23-25-38)35-15-9-7-10-16-35)30-44(33(3)4)49(43)53-46-20-14-13-19-45(46)52(6)51(53)48-34(5)21-27-42-41-28-26-39(31-47(41)54-50(42)48)36-17-11-8-12-18-36/h7-33H,1-6H3/q+1/i32D,33D. The van der Waals surface area contributed by atoms with E-state index in [0.717, 1.165) is 94.6 Å². The molecule has 0 radical (unpaired) electrons. The number of para-hydroxylation sites is 2. The third-order valence-electron chi connectivity index (χ3n) is 10.9. The summed E-state index contributed by atoms with van der Waals surface area (Å²) < 4.78 is 30.9. The molecule has 0 spiro atoms. The number of imidazole rings is 1. The molecule has 54 heavy (non-hydrogen) atoms. The number of nitrogens with zero attached hydrogens (tertiary/aromatic N) is 2. The third kappa shape index (κ3) is 5.54. The van der Waals surface area contributed by atoms with E-state index in [1.54, 1.807) is 0 Å². The van der Waals surface area contributed by atoms with E-state index in [9.17, 15) is 2.74 Å². The normalized spacial score (nSPS) is 12.8. The number of rotatable bonds is 7. The van der Waals surface area contributed by atoms with Crippen molar-refractivity contribution in [3.05, 3.63) is 168 Å². The molecule has 3 nitrogen and oxygen atoms in total. The van der Waals surface area contributed by atoms with Gasteiger partial charge in [0, 0.05) is 24.6 Å². The number of hydrogen-bond donors (Lipinski definition) is 0. The molecule has 0 amide bonds. The summed E-state index contributed by atoms with van der Waals surface area (Å²) in [6.45, 7) is 9.96. The largest absolute Gasteiger partial charge is 0.455 e. The molecule has 2 aromatic heterocycles. The zero-order valence-electron chi connectivity index (χ0n) is 33.7. The number of fused-ring (bicyclic) bond motifs is 4. The summed E-state index contributed by atoms with van der Waals surface area (Å²) in [5, 5.41) is 2.11. The Morgan fingerprint density at radius 3 is 1.70 bits per heavy atom. The van der Waals surface area contributed by atoms with Crippen molar-refractivity contribution < 1.29 is 11.7 Å². The molecular formula is C51H45N2O+. The molecule has 0 N–H and O–H groups in total. The van der Waals surface area contributed by atoms with E-state index in [1.807, 2.05) is 39.8 Å². The zero-order valence-corrected chi connectivity index (χ0v) is 31.7. The van der Waals surface area contributed by atoms with Gasteiger partial charge in [0.05, 0.1) is 7.05 Å². The van der Waals surface area contributed by atoms with Gasteiger partial charge in [0.15, 0.2) is 16.6 Å². The summed E-state index contributed by atoms with van der Waals surface area (Å²) in [5.74, 6) is -1.08. The molecule has 0 aliphatic heterocycles. The first-order valence-electron chi connectivity index (χ1n) is 19.7. The van der Waals surface area contributed by atoms with Crippen molar-refractivity contribution in [3.8, 4) is 50.5 Å². The van der Waals surface area contributed by atoms with Gasteiger partial charge in [-0.3, -0.25) is 0 Å². The van der Waals surface area contributed by atoms with Crippen LogP contribution in [0.1, 0.15) is 58.9 Å². The number of hydrogen-bond acceptors (Lipinski definition) is 1. The Morgan fingerprint density at radius 2 is 1.07 bits per heavy atom. The van der Waals surface area contributed by atoms with Crippen LogP contribution in [0.25, 0.3) is 83.4 Å². The maximum absolute atomic E-state index is 9.70. The van der Waals surface area contributed by atoms with Crippen LogP contribution in [0, 0.1) is 6.92 Å². The van der Waals surface area contributed by atoms with Crippen LogP contribution in [-0.2, 0) is 7.05 Å². The van der Waals surface area contributed by atoms with Crippen molar-refractivity contribution in [2.45, 2.75) is 46.4 Å². The second-order valence-electron chi connectivity index (χ2n) is 14.9. The predicted octanol–water partition coefficient (Wildman–Crippen LogP) is 13.6. The van der Waals surface area contributed by atoms with E-state index >= 15 is 0 Å². The Balaban J connectivity index is 1.33. The summed E-state index contributed by atoms with van der Waals surface area (Å²) in [4.78, 5) is 0. The van der Waals surface area contributed by atoms with Gasteiger partial charge in [0.25, 0.3) is 5.82 Å². The van der Waals surface area contributed by atoms with Crippen LogP contribution in [0.4, 0.5) is 0 Å². The van der Waals surface area contributed by atoms with Gasteiger partial charge in [-0.25, -0.2) is 4.57 Å². The van der Waals surface area contributed by atoms with Crippen molar-refractivity contribution in [1.29, 1.82) is 0 Å². The first-order chi connectivity index (χ1) is 26.9. The SMILES string of the molecule is [2H]C(C)(C)c1cc(-c2ccc(-c3ccccc3)cc2)cc(C([2H])(C)C)c1-n1c(-c2c(C)ccc3c2oc2cc(-c4ccccc4)ccc23)[n+](C)c2ccccc21. The topological polar surface area (TPSA) is 21.9 Å². The van der Waals surface area contributed by atoms with Crippen LogP contribution in [0.5, 0.6) is 0 Å². The van der Waals surface area contributed by atoms with Crippen molar-refractivity contribution in [2.75, 3.05) is 0 Å². The summed E-state index contributed by atoms with van der Waals surface area (Å²) >= 11 is 0. The molecule has 2 heterocycles. The lowest BCUT2D eigenvalue weighted by atomic mass is 9.87. The summed E-state index contributed by atoms with van der Waals surface area (Å²) in [6, 6.07) is 53.1. The molecular weight excluding hydrogens is 657 g/mol. The average molecular weight is 704 g/mol. The average Bonchev–Trinajstić information content (AvgIpc) is 3.71. The molecule has 7 aromatic carbocycles. The van der Waals surface area contributed by atoms with Crippen LogP contribution in [-0.4, -0.2) is 4.57 Å². The molecule has 3 heteroatoms. The lowest BCUT2D eigenvalue weighted by molar-refractivity contribution is -0.633. The summed E-state index contributed by atoms with van der Waals surface area (Å²) in [6.07, 6.45) is 0. The highest BCUT2D eigenvalue weighted by molar-refractivity contribution is 6.10. The van der Waals surface area contributed by atoms with Crippen molar-refractivity contribution in [2.24, 2.45) is 7.05 Å². The first kappa shape index (κ1) is 31.3. The molecule has 9 rings (SSSR count). The third-order valence-corrected chi connectivity index (χ3v) is 10.9. The summed E-state index contributed by atoms with van der Waals surface area (Å²) in [5.41, 5.74) is 14.9. The molecule has 0 aliphatic rings. The second kappa shape index (κ2) is 13.3. The van der Waals surface area contributed by atoms with Crippen LogP contribution in [0.2, 0.25) is 0 Å². The molecule has 0 saturated carbocycles. The van der Waals surface area contributed by atoms with E-state index in [-0.39, 0.29) is 0 Å². The lowest BCUT2D eigenvalue weighted by Gasteiger charge is -2.21. The number of furan rings is 1. The van der Waals surface area contributed by atoms with Crippen LogP contribution in [0.15, 0.2) is 156 Å². The minimum absolute atomic E-state index is 0.818. The first-order valence-corrected chi connectivity index (χ1v) is 18.7. The van der Waals surface area contributed by atoms with Crippen LogP contribution < -0.4 is 4.57 Å². The second-order valence-corrected chi connectivity index (χ2v) is 14.9. The molecule has 0 saturated heterocycles. The quantitative estimate of drug-likeness (QED) is 0.151. The molecule has 0 aliphatic carbocycles. The van der Waals surface area contributed by atoms with Crippen molar-refractivity contribution >= 4 is 33.0 Å². The number of aryl methyl sites for hydroxylation is 2. The van der Waals surface area contributed by atoms with Crippen LogP contribution in [0.3, 0.4) is 0 Å². The van der Waals surface area contributed by atoms with Gasteiger partial charge in [0.2, 0.25) is 0 Å². The van der Waals surface area contributed by atoms with Crippen LogP contribution >= 0.6 is 0 Å². The van der Waals surface area contributed by atoms with Gasteiger partial charge >= 0.3 is 0 Å². The zero-order chi connectivity index (χ0) is 38.9. The van der Waals surface area contributed by atoms with Gasteiger partial charge in [-0.1, -0.05) is 143 Å². The number of aromatic nitrogens is 2. The van der Waals surface area contributed by atoms with Gasteiger partial charge in [-0.2, -0.15) is 4.57 Å². The highest BCUT2D eigenvalue weighted by Gasteiger charge is 2.34. The van der Waals surface area contributed by atoms with E-state index < -0.39 is 11.8 Å². The predicted molar refractivity (Wildman–Crippen MR) is 226 cm³/mol. The lowest BCUT2D eigenvalue weighted by Crippen LogP contribution is -2.30. The molecule has 264 valence electrons. The van der Waals surface area contributed by atoms with Crippen molar-refractivity contribution in [1.82, 2.24) is 4.57 Å². The highest BCUT2D eigenvalue weighted by atomic mass is 16.3. The fourth-order valence-corrected chi connectivity index (χ4v) is 8.14. The molecule has 0 unspecified atom stereocenters. The molecule has 9 aromatic rings. The smallest absolute Gasteiger partial charge is 0.299 e. The maximum atomic E-state index is 9.70. The number of benzene rings is 7.